The second-order valence-electron chi connectivity index (χ2n) is 3.18. The van der Waals surface area contributed by atoms with Gasteiger partial charge in [0.15, 0.2) is 5.78 Å². The van der Waals surface area contributed by atoms with Gasteiger partial charge in [0.2, 0.25) is 0 Å². The van der Waals surface area contributed by atoms with Gasteiger partial charge < -0.3 is 0 Å². The highest BCUT2D eigenvalue weighted by Crippen LogP contribution is 2.26. The van der Waals surface area contributed by atoms with Gasteiger partial charge in [-0.05, 0) is 24.1 Å². The quantitative estimate of drug-likeness (QED) is 0.613. The number of ketones is 1. The molecule has 2 rings (SSSR count). The van der Waals surface area contributed by atoms with Crippen molar-refractivity contribution in [3.63, 3.8) is 0 Å². The Morgan fingerprint density at radius 3 is 2.67 bits per heavy atom. The predicted octanol–water partition coefficient (Wildman–Crippen LogP) is 2.35. The third kappa shape index (κ3) is 1.18. The van der Waals surface area contributed by atoms with Crippen LogP contribution in [0.4, 0.5) is 0 Å². The lowest BCUT2D eigenvalue weighted by molar-refractivity contribution is -0.114. The van der Waals surface area contributed by atoms with Crippen LogP contribution < -0.4 is 0 Å². The molecule has 1 aromatic carbocycles. The first-order valence-electron chi connectivity index (χ1n) is 4.06. The summed E-state index contributed by atoms with van der Waals surface area (Å²) in [6, 6.07) is 8.24. The molecule has 0 spiro atoms. The number of hydrogen-bond donors (Lipinski definition) is 0. The van der Waals surface area contributed by atoms with Crippen molar-refractivity contribution in [1.82, 2.24) is 0 Å². The molecule has 0 atom stereocenters. The minimum atomic E-state index is 0.242. The molecule has 0 heterocycles. The first-order valence-corrected chi connectivity index (χ1v) is 4.06. The third-order valence-electron chi connectivity index (χ3n) is 2.09. The topological polar surface area (TPSA) is 17.1 Å². The molecule has 0 unspecified atom stereocenters. The van der Waals surface area contributed by atoms with Crippen molar-refractivity contribution in [3.05, 3.63) is 41.5 Å². The molecule has 0 saturated carbocycles. The van der Waals surface area contributed by atoms with E-state index >= 15 is 0 Å². The van der Waals surface area contributed by atoms with Crippen LogP contribution in [-0.4, -0.2) is 5.78 Å². The van der Waals surface area contributed by atoms with Gasteiger partial charge in [-0.3, -0.25) is 4.79 Å². The summed E-state index contributed by atoms with van der Waals surface area (Å²) in [4.78, 5) is 10.7. The standard InChI is InChI=1S/C11H10O/c1-8-3-2-4-9(5-8)10-6-11(12)7-10/h2-6H,7H2,1H3. The lowest BCUT2D eigenvalue weighted by atomic mass is 9.90. The van der Waals surface area contributed by atoms with E-state index in [0.717, 1.165) is 0 Å². The van der Waals surface area contributed by atoms with Crippen molar-refractivity contribution in [2.75, 3.05) is 0 Å². The van der Waals surface area contributed by atoms with E-state index in [9.17, 15) is 4.79 Å². The van der Waals surface area contributed by atoms with Crippen molar-refractivity contribution in [2.45, 2.75) is 13.3 Å². The van der Waals surface area contributed by atoms with E-state index in [4.69, 9.17) is 0 Å². The number of hydrogen-bond acceptors (Lipinski definition) is 1. The van der Waals surface area contributed by atoms with E-state index in [1.807, 2.05) is 12.1 Å². The van der Waals surface area contributed by atoms with Crippen LogP contribution in [0, 0.1) is 6.92 Å². The Labute approximate surface area is 71.7 Å². The van der Waals surface area contributed by atoms with Gasteiger partial charge in [0.05, 0.1) is 0 Å². The molecule has 0 fully saturated rings. The van der Waals surface area contributed by atoms with E-state index in [0.29, 0.717) is 6.42 Å². The maximum Gasteiger partial charge on any atom is 0.160 e. The Hall–Kier alpha value is -1.37. The average molecular weight is 158 g/mol. The largest absolute Gasteiger partial charge is 0.294 e. The van der Waals surface area contributed by atoms with Crippen molar-refractivity contribution in [2.24, 2.45) is 0 Å². The van der Waals surface area contributed by atoms with Crippen LogP contribution in [0.2, 0.25) is 0 Å². The zero-order chi connectivity index (χ0) is 8.55. The van der Waals surface area contributed by atoms with Gasteiger partial charge in [0, 0.05) is 6.42 Å². The number of benzene rings is 1. The number of aryl methyl sites for hydroxylation is 1. The summed E-state index contributed by atoms with van der Waals surface area (Å²) in [6.45, 7) is 2.06. The van der Waals surface area contributed by atoms with Crippen molar-refractivity contribution in [1.29, 1.82) is 0 Å². The van der Waals surface area contributed by atoms with E-state index in [1.54, 1.807) is 6.08 Å². The van der Waals surface area contributed by atoms with Crippen molar-refractivity contribution >= 4 is 11.4 Å². The molecule has 0 N–H and O–H groups in total. The van der Waals surface area contributed by atoms with Gasteiger partial charge in [-0.1, -0.05) is 29.8 Å². The second-order valence-corrected chi connectivity index (χ2v) is 3.18. The average Bonchev–Trinajstić information content (AvgIpc) is 1.99. The molecule has 0 amide bonds. The molecule has 1 aliphatic carbocycles. The van der Waals surface area contributed by atoms with E-state index in [-0.39, 0.29) is 5.78 Å². The van der Waals surface area contributed by atoms with Crippen molar-refractivity contribution < 1.29 is 4.79 Å². The van der Waals surface area contributed by atoms with Crippen LogP contribution >= 0.6 is 0 Å². The van der Waals surface area contributed by atoms with Crippen LogP contribution in [0.15, 0.2) is 30.3 Å². The summed E-state index contributed by atoms with van der Waals surface area (Å²) in [6.07, 6.45) is 2.33. The lowest BCUT2D eigenvalue weighted by Gasteiger charge is -2.13. The van der Waals surface area contributed by atoms with Crippen molar-refractivity contribution in [3.8, 4) is 0 Å². The van der Waals surface area contributed by atoms with Gasteiger partial charge in [0.25, 0.3) is 0 Å². The Bertz CT molecular complexity index is 361. The Kier molecular flexibility index (Phi) is 1.58. The Morgan fingerprint density at radius 2 is 2.08 bits per heavy atom. The molecule has 1 heteroatoms. The van der Waals surface area contributed by atoms with Gasteiger partial charge in [0.1, 0.15) is 0 Å². The van der Waals surface area contributed by atoms with Gasteiger partial charge in [-0.25, -0.2) is 0 Å². The zero-order valence-electron chi connectivity index (χ0n) is 7.00. The van der Waals surface area contributed by atoms with Crippen LogP contribution in [0.3, 0.4) is 0 Å². The first-order chi connectivity index (χ1) is 5.75. The molecule has 0 aromatic heterocycles. The maximum absolute atomic E-state index is 10.7. The SMILES string of the molecule is Cc1cccc(C2=CC(=O)C2)c1. The molecule has 0 bridgehead atoms. The normalized spacial score (nSPS) is 15.4. The fraction of sp³-hybridized carbons (Fsp3) is 0.182. The minimum absolute atomic E-state index is 0.242. The highest BCUT2D eigenvalue weighted by atomic mass is 16.1. The second kappa shape index (κ2) is 2.59. The molecular weight excluding hydrogens is 148 g/mol. The maximum atomic E-state index is 10.7. The first kappa shape index (κ1) is 7.29. The van der Waals surface area contributed by atoms with Crippen LogP contribution in [-0.2, 0) is 4.79 Å². The monoisotopic (exact) mass is 158 g/mol. The Morgan fingerprint density at radius 1 is 1.33 bits per heavy atom. The van der Waals surface area contributed by atoms with Crippen LogP contribution in [0.1, 0.15) is 17.5 Å². The van der Waals surface area contributed by atoms with Gasteiger partial charge in [-0.15, -0.1) is 0 Å². The van der Waals surface area contributed by atoms with Crippen LogP contribution in [0.25, 0.3) is 5.57 Å². The fourth-order valence-corrected chi connectivity index (χ4v) is 1.38. The van der Waals surface area contributed by atoms with Crippen LogP contribution in [0.5, 0.6) is 0 Å². The van der Waals surface area contributed by atoms with E-state index in [1.165, 1.54) is 16.7 Å². The highest BCUT2D eigenvalue weighted by molar-refractivity contribution is 6.11. The molecule has 1 aromatic rings. The molecule has 12 heavy (non-hydrogen) atoms. The summed E-state index contributed by atoms with van der Waals surface area (Å²) in [5.74, 6) is 0.242. The van der Waals surface area contributed by atoms with E-state index < -0.39 is 0 Å². The molecular formula is C11H10O. The summed E-state index contributed by atoms with van der Waals surface area (Å²) < 4.78 is 0. The fourth-order valence-electron chi connectivity index (χ4n) is 1.38. The van der Waals surface area contributed by atoms with E-state index in [2.05, 4.69) is 19.1 Å². The summed E-state index contributed by atoms with van der Waals surface area (Å²) in [5.41, 5.74) is 3.60. The molecule has 60 valence electrons. The highest BCUT2D eigenvalue weighted by Gasteiger charge is 2.15. The molecule has 0 radical (unpaired) electrons. The summed E-state index contributed by atoms with van der Waals surface area (Å²) >= 11 is 0. The smallest absolute Gasteiger partial charge is 0.160 e. The minimum Gasteiger partial charge on any atom is -0.294 e. The number of allylic oxidation sites excluding steroid dienone is 2. The lowest BCUT2D eigenvalue weighted by Crippen LogP contribution is -2.06. The molecule has 1 nitrogen and oxygen atoms in total. The summed E-state index contributed by atoms with van der Waals surface area (Å²) in [5, 5.41) is 0. The van der Waals surface area contributed by atoms with Gasteiger partial charge in [-0.2, -0.15) is 0 Å². The van der Waals surface area contributed by atoms with Gasteiger partial charge >= 0.3 is 0 Å². The number of carbonyl (C=O) groups excluding carboxylic acids is 1. The molecule has 0 aliphatic heterocycles. The zero-order valence-corrected chi connectivity index (χ0v) is 7.00. The number of carbonyl (C=O) groups is 1. The molecule has 0 saturated heterocycles. The predicted molar refractivity (Wildman–Crippen MR) is 48.8 cm³/mol. The number of rotatable bonds is 1. The molecule has 1 aliphatic rings. The third-order valence-corrected chi connectivity index (χ3v) is 2.09. The Balaban J connectivity index is 2.36. The summed E-state index contributed by atoms with van der Waals surface area (Å²) in [7, 11) is 0.